The zero-order valence-electron chi connectivity index (χ0n) is 8.83. The number of aryl methyl sites for hydroxylation is 1. The molecule has 16 heavy (non-hydrogen) atoms. The van der Waals surface area contributed by atoms with Gasteiger partial charge in [0.2, 0.25) is 0 Å². The molecule has 1 heterocycles. The maximum atomic E-state index is 10.5. The van der Waals surface area contributed by atoms with Crippen molar-refractivity contribution in [3.8, 4) is 0 Å². The van der Waals surface area contributed by atoms with Gasteiger partial charge in [-0.2, -0.15) is 5.10 Å². The maximum Gasteiger partial charge on any atom is 0.307 e. The molecule has 2 rings (SSSR count). The molecule has 0 aliphatic heterocycles. The van der Waals surface area contributed by atoms with Crippen LogP contribution in [-0.2, 0) is 6.54 Å². The van der Waals surface area contributed by atoms with Gasteiger partial charge in [-0.3, -0.25) is 14.8 Å². The summed E-state index contributed by atoms with van der Waals surface area (Å²) < 4.78 is 1.56. The first-order valence-corrected chi connectivity index (χ1v) is 4.87. The Morgan fingerprint density at radius 3 is 2.94 bits per heavy atom. The van der Waals surface area contributed by atoms with Gasteiger partial charge in [-0.05, 0) is 12.5 Å². The predicted molar refractivity (Wildman–Crippen MR) is 59.2 cm³/mol. The Balaban J connectivity index is 2.17. The summed E-state index contributed by atoms with van der Waals surface area (Å²) in [5, 5.41) is 14.4. The highest BCUT2D eigenvalue weighted by molar-refractivity contribution is 5.24. The monoisotopic (exact) mass is 217 g/mol. The van der Waals surface area contributed by atoms with Crippen molar-refractivity contribution in [2.45, 2.75) is 13.5 Å². The molecular formula is C11H11N3O2. The summed E-state index contributed by atoms with van der Waals surface area (Å²) in [4.78, 5) is 10.0. The van der Waals surface area contributed by atoms with Crippen LogP contribution in [0, 0.1) is 17.0 Å². The lowest BCUT2D eigenvalue weighted by Crippen LogP contribution is -1.99. The van der Waals surface area contributed by atoms with Crippen molar-refractivity contribution in [1.82, 2.24) is 9.78 Å². The van der Waals surface area contributed by atoms with Crippen LogP contribution < -0.4 is 0 Å². The van der Waals surface area contributed by atoms with E-state index in [-0.39, 0.29) is 5.69 Å². The summed E-state index contributed by atoms with van der Waals surface area (Å²) in [6, 6.07) is 7.98. The lowest BCUT2D eigenvalue weighted by atomic mass is 10.1. The molecule has 0 fully saturated rings. The first-order chi connectivity index (χ1) is 7.65. The van der Waals surface area contributed by atoms with E-state index in [4.69, 9.17) is 0 Å². The minimum atomic E-state index is -0.445. The molecule has 1 aromatic carbocycles. The molecule has 2 aromatic rings. The molecule has 5 nitrogen and oxygen atoms in total. The number of hydrogen-bond donors (Lipinski definition) is 0. The van der Waals surface area contributed by atoms with Gasteiger partial charge in [0.05, 0.1) is 11.5 Å². The fourth-order valence-corrected chi connectivity index (χ4v) is 1.53. The van der Waals surface area contributed by atoms with Gasteiger partial charge in [0.1, 0.15) is 12.4 Å². The van der Waals surface area contributed by atoms with Crippen LogP contribution in [0.3, 0.4) is 0 Å². The van der Waals surface area contributed by atoms with Crippen LogP contribution in [-0.4, -0.2) is 14.7 Å². The summed E-state index contributed by atoms with van der Waals surface area (Å²) in [7, 11) is 0. The van der Waals surface area contributed by atoms with Crippen LogP contribution in [0.1, 0.15) is 11.1 Å². The zero-order valence-corrected chi connectivity index (χ0v) is 8.83. The molecule has 0 saturated carbocycles. The molecule has 0 radical (unpaired) electrons. The molecule has 0 saturated heterocycles. The molecule has 0 bridgehead atoms. The standard InChI is InChI=1S/C11H11N3O2/c1-9-3-2-4-10(5-9)7-13-8-11(6-12-13)14(15)16/h2-6,8H,7H2,1H3. The van der Waals surface area contributed by atoms with Crippen molar-refractivity contribution in [3.05, 3.63) is 57.9 Å². The molecule has 82 valence electrons. The Morgan fingerprint density at radius 1 is 1.50 bits per heavy atom. The second kappa shape index (κ2) is 4.14. The van der Waals surface area contributed by atoms with Gasteiger partial charge in [0, 0.05) is 0 Å². The lowest BCUT2D eigenvalue weighted by Gasteiger charge is -2.01. The zero-order chi connectivity index (χ0) is 11.5. The summed E-state index contributed by atoms with van der Waals surface area (Å²) >= 11 is 0. The van der Waals surface area contributed by atoms with Gasteiger partial charge >= 0.3 is 5.69 Å². The van der Waals surface area contributed by atoms with Gasteiger partial charge in [-0.1, -0.05) is 29.8 Å². The third-order valence-corrected chi connectivity index (χ3v) is 2.26. The third-order valence-electron chi connectivity index (χ3n) is 2.26. The predicted octanol–water partition coefficient (Wildman–Crippen LogP) is 2.15. The van der Waals surface area contributed by atoms with Crippen molar-refractivity contribution in [2.24, 2.45) is 0 Å². The van der Waals surface area contributed by atoms with E-state index in [1.807, 2.05) is 31.2 Å². The quantitative estimate of drug-likeness (QED) is 0.584. The van der Waals surface area contributed by atoms with Crippen molar-refractivity contribution in [2.75, 3.05) is 0 Å². The first-order valence-electron chi connectivity index (χ1n) is 4.87. The summed E-state index contributed by atoms with van der Waals surface area (Å²) in [5.41, 5.74) is 2.27. The van der Waals surface area contributed by atoms with Crippen molar-refractivity contribution < 1.29 is 4.92 Å². The van der Waals surface area contributed by atoms with Crippen molar-refractivity contribution in [3.63, 3.8) is 0 Å². The highest BCUT2D eigenvalue weighted by Gasteiger charge is 2.08. The summed E-state index contributed by atoms with van der Waals surface area (Å²) in [6.07, 6.45) is 2.69. The molecule has 0 spiro atoms. The largest absolute Gasteiger partial charge is 0.307 e. The molecule has 0 N–H and O–H groups in total. The van der Waals surface area contributed by atoms with Crippen LogP contribution in [0.2, 0.25) is 0 Å². The first kappa shape index (κ1) is 10.4. The smallest absolute Gasteiger partial charge is 0.261 e. The number of benzene rings is 1. The van der Waals surface area contributed by atoms with E-state index in [9.17, 15) is 10.1 Å². The Labute approximate surface area is 92.5 Å². The van der Waals surface area contributed by atoms with Crippen LogP contribution in [0.25, 0.3) is 0 Å². The second-order valence-corrected chi connectivity index (χ2v) is 3.64. The SMILES string of the molecule is Cc1cccc(Cn2cc([N+](=O)[O-])cn2)c1. The number of aromatic nitrogens is 2. The van der Waals surface area contributed by atoms with E-state index in [1.54, 1.807) is 4.68 Å². The Hall–Kier alpha value is -2.17. The van der Waals surface area contributed by atoms with E-state index in [0.717, 1.165) is 5.56 Å². The molecule has 1 aromatic heterocycles. The lowest BCUT2D eigenvalue weighted by molar-refractivity contribution is -0.385. The summed E-state index contributed by atoms with van der Waals surface area (Å²) in [6.45, 7) is 2.56. The molecule has 0 amide bonds. The Bertz CT molecular complexity index is 519. The normalized spacial score (nSPS) is 10.3. The molecular weight excluding hydrogens is 206 g/mol. The van der Waals surface area contributed by atoms with Gasteiger partial charge in [0.25, 0.3) is 0 Å². The fraction of sp³-hybridized carbons (Fsp3) is 0.182. The average molecular weight is 217 g/mol. The van der Waals surface area contributed by atoms with Crippen LogP contribution in [0.5, 0.6) is 0 Å². The number of nitro groups is 1. The van der Waals surface area contributed by atoms with Crippen LogP contribution >= 0.6 is 0 Å². The van der Waals surface area contributed by atoms with Gasteiger partial charge < -0.3 is 0 Å². The van der Waals surface area contributed by atoms with Crippen LogP contribution in [0.4, 0.5) is 5.69 Å². The fourth-order valence-electron chi connectivity index (χ4n) is 1.53. The molecule has 0 atom stereocenters. The topological polar surface area (TPSA) is 61.0 Å². The van der Waals surface area contributed by atoms with E-state index in [2.05, 4.69) is 5.10 Å². The van der Waals surface area contributed by atoms with Gasteiger partial charge in [0.15, 0.2) is 0 Å². The third kappa shape index (κ3) is 2.25. The molecule has 0 aliphatic rings. The van der Waals surface area contributed by atoms with Crippen LogP contribution in [0.15, 0.2) is 36.7 Å². The average Bonchev–Trinajstić information content (AvgIpc) is 2.66. The number of nitrogens with zero attached hydrogens (tertiary/aromatic N) is 3. The highest BCUT2D eigenvalue weighted by atomic mass is 16.6. The van der Waals surface area contributed by atoms with E-state index < -0.39 is 4.92 Å². The minimum absolute atomic E-state index is 0.0210. The number of hydrogen-bond acceptors (Lipinski definition) is 3. The number of rotatable bonds is 3. The van der Waals surface area contributed by atoms with E-state index in [1.165, 1.54) is 18.0 Å². The molecule has 5 heteroatoms. The Kier molecular flexibility index (Phi) is 2.68. The van der Waals surface area contributed by atoms with Gasteiger partial charge in [-0.15, -0.1) is 0 Å². The van der Waals surface area contributed by atoms with E-state index >= 15 is 0 Å². The minimum Gasteiger partial charge on any atom is -0.261 e. The summed E-state index contributed by atoms with van der Waals surface area (Å²) in [5.74, 6) is 0. The molecule has 0 unspecified atom stereocenters. The van der Waals surface area contributed by atoms with Crippen molar-refractivity contribution in [1.29, 1.82) is 0 Å². The van der Waals surface area contributed by atoms with E-state index in [0.29, 0.717) is 6.54 Å². The highest BCUT2D eigenvalue weighted by Crippen LogP contribution is 2.10. The maximum absolute atomic E-state index is 10.5. The Morgan fingerprint density at radius 2 is 2.31 bits per heavy atom. The van der Waals surface area contributed by atoms with Gasteiger partial charge in [-0.25, -0.2) is 0 Å². The molecule has 0 aliphatic carbocycles. The second-order valence-electron chi connectivity index (χ2n) is 3.64. The van der Waals surface area contributed by atoms with Crippen molar-refractivity contribution >= 4 is 5.69 Å².